The number of rotatable bonds is 2. The van der Waals surface area contributed by atoms with Gasteiger partial charge in [0.2, 0.25) is 0 Å². The summed E-state index contributed by atoms with van der Waals surface area (Å²) in [6.07, 6.45) is 0. The minimum Gasteiger partial charge on any atom is -0.468 e. The molecule has 15 heavy (non-hydrogen) atoms. The van der Waals surface area contributed by atoms with E-state index in [4.69, 9.17) is 9.47 Å². The number of esters is 1. The molecule has 1 saturated heterocycles. The Morgan fingerprint density at radius 2 is 2.20 bits per heavy atom. The maximum absolute atomic E-state index is 11.7. The van der Waals surface area contributed by atoms with Crippen molar-refractivity contribution in [3.63, 3.8) is 0 Å². The van der Waals surface area contributed by atoms with Gasteiger partial charge in [-0.25, -0.2) is 4.98 Å². The number of hydrogen-bond donors (Lipinski definition) is 0. The highest BCUT2D eigenvalue weighted by Crippen LogP contribution is 2.37. The predicted molar refractivity (Wildman–Crippen MR) is 56.1 cm³/mol. The summed E-state index contributed by atoms with van der Waals surface area (Å²) in [4.78, 5) is 17.3. The van der Waals surface area contributed by atoms with Gasteiger partial charge in [-0.05, 0) is 13.8 Å². The standard InChI is InChI=1S/C10H13NO3S/c1-6-7(2)15-8(11-6)10(4-14-5-10)9(12)13-3/h4-5H2,1-3H3. The number of methoxy groups -OCH3 is 1. The maximum atomic E-state index is 11.7. The second-order valence-electron chi connectivity index (χ2n) is 3.73. The zero-order chi connectivity index (χ0) is 11.1. The molecule has 0 aromatic carbocycles. The quantitative estimate of drug-likeness (QED) is 0.712. The zero-order valence-electron chi connectivity index (χ0n) is 8.99. The van der Waals surface area contributed by atoms with Crippen LogP contribution in [0.4, 0.5) is 0 Å². The van der Waals surface area contributed by atoms with Crippen LogP contribution in [-0.4, -0.2) is 31.3 Å². The van der Waals surface area contributed by atoms with Gasteiger partial charge >= 0.3 is 5.97 Å². The number of carbonyl (C=O) groups excluding carboxylic acids is 1. The molecule has 0 spiro atoms. The molecule has 2 rings (SSSR count). The third-order valence-electron chi connectivity index (χ3n) is 2.71. The van der Waals surface area contributed by atoms with Crippen LogP contribution >= 0.6 is 11.3 Å². The molecule has 0 atom stereocenters. The van der Waals surface area contributed by atoms with Gasteiger partial charge in [0.15, 0.2) is 5.41 Å². The first kappa shape index (κ1) is 10.6. The predicted octanol–water partition coefficient (Wildman–Crippen LogP) is 1.20. The van der Waals surface area contributed by atoms with Crippen LogP contribution in [0.15, 0.2) is 0 Å². The lowest BCUT2D eigenvalue weighted by atomic mass is 9.87. The molecule has 2 heterocycles. The summed E-state index contributed by atoms with van der Waals surface area (Å²) in [5.41, 5.74) is 0.337. The van der Waals surface area contributed by atoms with Crippen LogP contribution in [0, 0.1) is 13.8 Å². The van der Waals surface area contributed by atoms with Crippen molar-refractivity contribution in [2.45, 2.75) is 19.3 Å². The first-order valence-corrected chi connectivity index (χ1v) is 5.52. The van der Waals surface area contributed by atoms with Gasteiger partial charge in [0.25, 0.3) is 0 Å². The number of aryl methyl sites for hydroxylation is 2. The fourth-order valence-corrected chi connectivity index (χ4v) is 2.57. The first-order chi connectivity index (χ1) is 7.10. The van der Waals surface area contributed by atoms with E-state index in [9.17, 15) is 4.79 Å². The van der Waals surface area contributed by atoms with Gasteiger partial charge in [-0.1, -0.05) is 0 Å². The summed E-state index contributed by atoms with van der Waals surface area (Å²) in [6, 6.07) is 0. The number of thiazole rings is 1. The number of nitrogens with zero attached hydrogens (tertiary/aromatic N) is 1. The van der Waals surface area contributed by atoms with Crippen molar-refractivity contribution in [2.75, 3.05) is 20.3 Å². The highest BCUT2D eigenvalue weighted by molar-refractivity contribution is 7.12. The SMILES string of the molecule is COC(=O)C1(c2nc(C)c(C)s2)COC1. The van der Waals surface area contributed by atoms with Crippen molar-refractivity contribution in [1.29, 1.82) is 0 Å². The van der Waals surface area contributed by atoms with Crippen molar-refractivity contribution in [1.82, 2.24) is 4.98 Å². The number of ether oxygens (including phenoxy) is 2. The normalized spacial score (nSPS) is 18.3. The van der Waals surface area contributed by atoms with Crippen LogP contribution in [-0.2, 0) is 19.7 Å². The van der Waals surface area contributed by atoms with E-state index >= 15 is 0 Å². The molecule has 0 radical (unpaired) electrons. The molecule has 0 aliphatic carbocycles. The Bertz CT molecular complexity index is 376. The number of carbonyl (C=O) groups is 1. The lowest BCUT2D eigenvalue weighted by Gasteiger charge is -2.36. The van der Waals surface area contributed by atoms with Crippen molar-refractivity contribution >= 4 is 17.3 Å². The van der Waals surface area contributed by atoms with Crippen LogP contribution < -0.4 is 0 Å². The van der Waals surface area contributed by atoms with Gasteiger partial charge in [-0.15, -0.1) is 11.3 Å². The molecule has 0 amide bonds. The Hall–Kier alpha value is -0.940. The molecule has 82 valence electrons. The van der Waals surface area contributed by atoms with E-state index in [0.29, 0.717) is 13.2 Å². The summed E-state index contributed by atoms with van der Waals surface area (Å²) in [5, 5.41) is 0.815. The fourth-order valence-electron chi connectivity index (χ4n) is 1.51. The Balaban J connectivity index is 2.38. The summed E-state index contributed by atoms with van der Waals surface area (Å²) in [7, 11) is 1.40. The second-order valence-corrected chi connectivity index (χ2v) is 4.93. The van der Waals surface area contributed by atoms with E-state index in [1.807, 2.05) is 13.8 Å². The van der Waals surface area contributed by atoms with E-state index in [1.54, 1.807) is 11.3 Å². The minimum atomic E-state index is -0.640. The van der Waals surface area contributed by atoms with Crippen LogP contribution in [0.2, 0.25) is 0 Å². The average Bonchev–Trinajstić information content (AvgIpc) is 2.45. The molecule has 4 nitrogen and oxygen atoms in total. The van der Waals surface area contributed by atoms with Gasteiger partial charge in [-0.2, -0.15) is 0 Å². The van der Waals surface area contributed by atoms with Gasteiger partial charge in [-0.3, -0.25) is 4.79 Å². The highest BCUT2D eigenvalue weighted by Gasteiger charge is 2.51. The van der Waals surface area contributed by atoms with Crippen LogP contribution in [0.25, 0.3) is 0 Å². The third kappa shape index (κ3) is 1.46. The van der Waals surface area contributed by atoms with Gasteiger partial charge in [0.05, 0.1) is 26.0 Å². The highest BCUT2D eigenvalue weighted by atomic mass is 32.1. The fraction of sp³-hybridized carbons (Fsp3) is 0.600. The smallest absolute Gasteiger partial charge is 0.323 e. The lowest BCUT2D eigenvalue weighted by Crippen LogP contribution is -2.53. The minimum absolute atomic E-state index is 0.248. The average molecular weight is 227 g/mol. The van der Waals surface area contributed by atoms with Crippen molar-refractivity contribution in [3.8, 4) is 0 Å². The van der Waals surface area contributed by atoms with Crippen LogP contribution in [0.5, 0.6) is 0 Å². The molecule has 0 bridgehead atoms. The van der Waals surface area contributed by atoms with E-state index in [-0.39, 0.29) is 5.97 Å². The van der Waals surface area contributed by atoms with Crippen molar-refractivity contribution in [2.24, 2.45) is 0 Å². The van der Waals surface area contributed by atoms with E-state index in [2.05, 4.69) is 4.98 Å². The molecular formula is C10H13NO3S. The zero-order valence-corrected chi connectivity index (χ0v) is 9.81. The monoisotopic (exact) mass is 227 g/mol. The van der Waals surface area contributed by atoms with Crippen molar-refractivity contribution in [3.05, 3.63) is 15.6 Å². The number of hydrogen-bond acceptors (Lipinski definition) is 5. The summed E-state index contributed by atoms with van der Waals surface area (Å²) < 4.78 is 9.94. The first-order valence-electron chi connectivity index (χ1n) is 4.71. The van der Waals surface area contributed by atoms with Crippen LogP contribution in [0.3, 0.4) is 0 Å². The molecule has 1 aliphatic rings. The Kier molecular flexibility index (Phi) is 2.52. The molecule has 0 saturated carbocycles. The molecule has 0 N–H and O–H groups in total. The Morgan fingerprint density at radius 1 is 1.53 bits per heavy atom. The third-order valence-corrected chi connectivity index (χ3v) is 3.99. The van der Waals surface area contributed by atoms with Crippen LogP contribution in [0.1, 0.15) is 15.6 Å². The maximum Gasteiger partial charge on any atom is 0.323 e. The molecule has 1 aromatic rings. The molecule has 0 unspecified atom stereocenters. The van der Waals surface area contributed by atoms with E-state index < -0.39 is 5.41 Å². The van der Waals surface area contributed by atoms with Gasteiger partial charge in [0.1, 0.15) is 5.01 Å². The summed E-state index contributed by atoms with van der Waals surface area (Å²) >= 11 is 1.55. The van der Waals surface area contributed by atoms with E-state index in [1.165, 1.54) is 7.11 Å². The lowest BCUT2D eigenvalue weighted by molar-refractivity contribution is -0.166. The summed E-state index contributed by atoms with van der Waals surface area (Å²) in [5.74, 6) is -0.248. The van der Waals surface area contributed by atoms with E-state index in [0.717, 1.165) is 15.6 Å². The van der Waals surface area contributed by atoms with Gasteiger partial charge < -0.3 is 9.47 Å². The topological polar surface area (TPSA) is 48.4 Å². The second kappa shape index (κ2) is 3.57. The molecule has 1 aliphatic heterocycles. The molecular weight excluding hydrogens is 214 g/mol. The Morgan fingerprint density at radius 3 is 2.53 bits per heavy atom. The van der Waals surface area contributed by atoms with Gasteiger partial charge in [0, 0.05) is 4.88 Å². The molecule has 1 fully saturated rings. The number of aromatic nitrogens is 1. The molecule has 1 aromatic heterocycles. The summed E-state index contributed by atoms with van der Waals surface area (Å²) in [6.45, 7) is 4.71. The largest absolute Gasteiger partial charge is 0.468 e. The molecule has 5 heteroatoms. The van der Waals surface area contributed by atoms with Crippen molar-refractivity contribution < 1.29 is 14.3 Å². The Labute approximate surface area is 92.2 Å².